The van der Waals surface area contributed by atoms with Gasteiger partial charge in [0.25, 0.3) is 0 Å². The highest BCUT2D eigenvalue weighted by molar-refractivity contribution is 5.68. The van der Waals surface area contributed by atoms with E-state index in [4.69, 9.17) is 10.6 Å². The molecule has 0 radical (unpaired) electrons. The van der Waals surface area contributed by atoms with Crippen LogP contribution in [0.5, 0.6) is 5.75 Å². The van der Waals surface area contributed by atoms with Gasteiger partial charge in [-0.3, -0.25) is 15.5 Å². The Kier molecular flexibility index (Phi) is 4.14. The lowest BCUT2D eigenvalue weighted by molar-refractivity contribution is -0.384. The number of nitro groups is 1. The Balaban J connectivity index is 2.40. The van der Waals surface area contributed by atoms with Crippen molar-refractivity contribution in [2.75, 3.05) is 17.9 Å². The highest BCUT2D eigenvalue weighted by Gasteiger charge is 2.18. The number of ether oxygens (including phenoxy) is 1. The van der Waals surface area contributed by atoms with Gasteiger partial charge in [0, 0.05) is 5.69 Å². The van der Waals surface area contributed by atoms with Crippen LogP contribution < -0.4 is 21.3 Å². The second kappa shape index (κ2) is 6.01. The van der Waals surface area contributed by atoms with E-state index < -0.39 is 4.92 Å². The van der Waals surface area contributed by atoms with Crippen molar-refractivity contribution in [3.63, 3.8) is 0 Å². The van der Waals surface area contributed by atoms with Crippen molar-refractivity contribution in [3.8, 4) is 5.75 Å². The summed E-state index contributed by atoms with van der Waals surface area (Å²) in [7, 11) is 1.57. The van der Waals surface area contributed by atoms with E-state index in [9.17, 15) is 10.1 Å². The number of rotatable bonds is 5. The summed E-state index contributed by atoms with van der Waals surface area (Å²) in [4.78, 5) is 18.1. The van der Waals surface area contributed by atoms with Gasteiger partial charge in [-0.25, -0.2) is 10.8 Å². The van der Waals surface area contributed by atoms with E-state index in [1.165, 1.54) is 0 Å². The molecule has 1 aromatic heterocycles. The van der Waals surface area contributed by atoms with E-state index in [-0.39, 0.29) is 17.5 Å². The van der Waals surface area contributed by atoms with Crippen molar-refractivity contribution >= 4 is 23.1 Å². The lowest BCUT2D eigenvalue weighted by atomic mass is 10.2. The largest absolute Gasteiger partial charge is 0.497 e. The second-order valence-corrected chi connectivity index (χ2v) is 4.13. The molecule has 0 aliphatic carbocycles. The molecule has 21 heavy (non-hydrogen) atoms. The quantitative estimate of drug-likeness (QED) is 0.431. The Labute approximate surface area is 120 Å². The molecule has 9 heteroatoms. The SMILES string of the molecule is COc1ccc(Nc2nc(NN)ncc2[N+](=O)[O-])c(C)c1. The third-order valence-electron chi connectivity index (χ3n) is 2.78. The van der Waals surface area contributed by atoms with Gasteiger partial charge in [0.2, 0.25) is 11.8 Å². The smallest absolute Gasteiger partial charge is 0.329 e. The Morgan fingerprint density at radius 3 is 2.76 bits per heavy atom. The molecular formula is C12H14N6O3. The Morgan fingerprint density at radius 1 is 1.43 bits per heavy atom. The maximum Gasteiger partial charge on any atom is 0.329 e. The van der Waals surface area contributed by atoms with E-state index in [2.05, 4.69) is 20.7 Å². The van der Waals surface area contributed by atoms with Crippen LogP contribution in [0, 0.1) is 17.0 Å². The molecular weight excluding hydrogens is 276 g/mol. The molecule has 110 valence electrons. The molecule has 0 saturated heterocycles. The lowest BCUT2D eigenvalue weighted by Gasteiger charge is -2.11. The van der Waals surface area contributed by atoms with E-state index >= 15 is 0 Å². The topological polar surface area (TPSA) is 128 Å². The van der Waals surface area contributed by atoms with Crippen molar-refractivity contribution in [1.82, 2.24) is 9.97 Å². The first-order chi connectivity index (χ1) is 10.0. The van der Waals surface area contributed by atoms with Gasteiger partial charge < -0.3 is 10.1 Å². The summed E-state index contributed by atoms with van der Waals surface area (Å²) in [5, 5.41) is 13.9. The number of nitrogens with zero attached hydrogens (tertiary/aromatic N) is 3. The zero-order valence-corrected chi connectivity index (χ0v) is 11.5. The van der Waals surface area contributed by atoms with Gasteiger partial charge in [0.15, 0.2) is 0 Å². The van der Waals surface area contributed by atoms with E-state index in [0.717, 1.165) is 11.8 Å². The maximum atomic E-state index is 11.0. The molecule has 0 spiro atoms. The van der Waals surface area contributed by atoms with Gasteiger partial charge in [0.05, 0.1) is 12.0 Å². The van der Waals surface area contributed by atoms with Crippen LogP contribution >= 0.6 is 0 Å². The van der Waals surface area contributed by atoms with Crippen LogP contribution in [0.1, 0.15) is 5.56 Å². The van der Waals surface area contributed by atoms with Crippen LogP contribution in [0.15, 0.2) is 24.4 Å². The van der Waals surface area contributed by atoms with Crippen molar-refractivity contribution < 1.29 is 9.66 Å². The molecule has 0 atom stereocenters. The molecule has 1 aromatic carbocycles. The average molecular weight is 290 g/mol. The zero-order valence-electron chi connectivity index (χ0n) is 11.5. The molecule has 1 heterocycles. The summed E-state index contributed by atoms with van der Waals surface area (Å²) in [6.07, 6.45) is 1.09. The van der Waals surface area contributed by atoms with Crippen LogP contribution in [0.4, 0.5) is 23.1 Å². The molecule has 2 rings (SSSR count). The van der Waals surface area contributed by atoms with Crippen LogP contribution in [-0.4, -0.2) is 22.0 Å². The molecule has 0 aliphatic heterocycles. The third-order valence-corrected chi connectivity index (χ3v) is 2.78. The molecule has 4 N–H and O–H groups in total. The minimum absolute atomic E-state index is 0.0521. The zero-order chi connectivity index (χ0) is 15.4. The monoisotopic (exact) mass is 290 g/mol. The average Bonchev–Trinajstić information content (AvgIpc) is 2.48. The number of nitrogens with one attached hydrogen (secondary N) is 2. The Morgan fingerprint density at radius 2 is 2.19 bits per heavy atom. The fourth-order valence-corrected chi connectivity index (χ4v) is 1.70. The van der Waals surface area contributed by atoms with E-state index in [1.807, 2.05) is 6.92 Å². The summed E-state index contributed by atoms with van der Waals surface area (Å²) in [5.74, 6) is 6.04. The number of hydrogen-bond donors (Lipinski definition) is 3. The molecule has 0 aliphatic rings. The summed E-state index contributed by atoms with van der Waals surface area (Å²) in [5.41, 5.74) is 3.52. The maximum absolute atomic E-state index is 11.0. The van der Waals surface area contributed by atoms with Crippen LogP contribution in [0.2, 0.25) is 0 Å². The third kappa shape index (κ3) is 3.15. The van der Waals surface area contributed by atoms with Gasteiger partial charge in [-0.2, -0.15) is 4.98 Å². The van der Waals surface area contributed by atoms with Crippen molar-refractivity contribution in [2.45, 2.75) is 6.92 Å². The van der Waals surface area contributed by atoms with Crippen LogP contribution in [-0.2, 0) is 0 Å². The number of hydrogen-bond acceptors (Lipinski definition) is 8. The van der Waals surface area contributed by atoms with Crippen LogP contribution in [0.25, 0.3) is 0 Å². The number of aryl methyl sites for hydroxylation is 1. The molecule has 0 amide bonds. The van der Waals surface area contributed by atoms with Gasteiger partial charge in [-0.15, -0.1) is 0 Å². The molecule has 0 saturated carbocycles. The normalized spacial score (nSPS) is 10.0. The standard InChI is InChI=1S/C12H14N6O3/c1-7-5-8(21-2)3-4-9(7)15-11-10(18(19)20)6-14-12(16-11)17-13/h3-6H,13H2,1-2H3,(H2,14,15,16,17). The number of hydrazine groups is 1. The van der Waals surface area contributed by atoms with Gasteiger partial charge >= 0.3 is 5.69 Å². The molecule has 0 bridgehead atoms. The molecule has 0 unspecified atom stereocenters. The van der Waals surface area contributed by atoms with Gasteiger partial charge in [0.1, 0.15) is 11.9 Å². The summed E-state index contributed by atoms with van der Waals surface area (Å²) in [6, 6.07) is 5.29. The highest BCUT2D eigenvalue weighted by Crippen LogP contribution is 2.28. The summed E-state index contributed by atoms with van der Waals surface area (Å²) < 4.78 is 5.11. The van der Waals surface area contributed by atoms with Crippen LogP contribution in [0.3, 0.4) is 0 Å². The molecule has 9 nitrogen and oxygen atoms in total. The van der Waals surface area contributed by atoms with E-state index in [1.54, 1.807) is 25.3 Å². The van der Waals surface area contributed by atoms with E-state index in [0.29, 0.717) is 11.4 Å². The highest BCUT2D eigenvalue weighted by atomic mass is 16.6. The molecule has 0 fully saturated rings. The lowest BCUT2D eigenvalue weighted by Crippen LogP contribution is -2.12. The van der Waals surface area contributed by atoms with Crippen molar-refractivity contribution in [3.05, 3.63) is 40.1 Å². The fraction of sp³-hybridized carbons (Fsp3) is 0.167. The summed E-state index contributed by atoms with van der Waals surface area (Å²) >= 11 is 0. The Bertz CT molecular complexity index is 676. The number of aromatic nitrogens is 2. The number of benzene rings is 1. The predicted molar refractivity (Wildman–Crippen MR) is 77.5 cm³/mol. The number of nitrogen functional groups attached to an aromatic ring is 1. The first kappa shape index (κ1) is 14.5. The second-order valence-electron chi connectivity index (χ2n) is 4.13. The van der Waals surface area contributed by atoms with Crippen molar-refractivity contribution in [1.29, 1.82) is 0 Å². The molecule has 2 aromatic rings. The van der Waals surface area contributed by atoms with Gasteiger partial charge in [-0.1, -0.05) is 0 Å². The minimum atomic E-state index is -0.568. The Hall–Kier alpha value is -2.94. The number of anilines is 3. The number of nitrogens with two attached hydrogens (primary N) is 1. The first-order valence-electron chi connectivity index (χ1n) is 5.95. The summed E-state index contributed by atoms with van der Waals surface area (Å²) in [6.45, 7) is 1.85. The number of methoxy groups -OCH3 is 1. The fourth-order valence-electron chi connectivity index (χ4n) is 1.70. The first-order valence-corrected chi connectivity index (χ1v) is 5.95. The minimum Gasteiger partial charge on any atom is -0.497 e. The predicted octanol–water partition coefficient (Wildman–Crippen LogP) is 1.73. The van der Waals surface area contributed by atoms with Gasteiger partial charge in [-0.05, 0) is 30.7 Å². The van der Waals surface area contributed by atoms with Crippen molar-refractivity contribution in [2.24, 2.45) is 5.84 Å².